The summed E-state index contributed by atoms with van der Waals surface area (Å²) in [6.45, 7) is 2.25. The SMILES string of the molecule is CN1CCCC1CN(C)S(=O)(=O)CCCCN. The molecule has 0 aromatic carbocycles. The molecule has 1 atom stereocenters. The van der Waals surface area contributed by atoms with E-state index in [4.69, 9.17) is 5.73 Å². The van der Waals surface area contributed by atoms with Crippen LogP contribution in [0.25, 0.3) is 0 Å². The van der Waals surface area contributed by atoms with Gasteiger partial charge in [0, 0.05) is 19.6 Å². The maximum absolute atomic E-state index is 12.0. The van der Waals surface area contributed by atoms with Crippen LogP contribution in [0, 0.1) is 0 Å². The first kappa shape index (κ1) is 14.9. The van der Waals surface area contributed by atoms with Crippen molar-refractivity contribution < 1.29 is 8.42 Å². The lowest BCUT2D eigenvalue weighted by Gasteiger charge is -2.25. The lowest BCUT2D eigenvalue weighted by atomic mass is 10.2. The molecular weight excluding hydrogens is 238 g/mol. The van der Waals surface area contributed by atoms with E-state index in [-0.39, 0.29) is 5.75 Å². The lowest BCUT2D eigenvalue weighted by Crippen LogP contribution is -2.40. The van der Waals surface area contributed by atoms with Gasteiger partial charge in [-0.25, -0.2) is 12.7 Å². The molecule has 0 aromatic rings. The number of nitrogens with two attached hydrogens (primary N) is 1. The number of sulfonamides is 1. The van der Waals surface area contributed by atoms with Crippen molar-refractivity contribution in [3.63, 3.8) is 0 Å². The van der Waals surface area contributed by atoms with Gasteiger partial charge >= 0.3 is 0 Å². The average molecular weight is 263 g/mol. The highest BCUT2D eigenvalue weighted by atomic mass is 32.2. The van der Waals surface area contributed by atoms with Gasteiger partial charge in [0.25, 0.3) is 0 Å². The van der Waals surface area contributed by atoms with E-state index in [0.717, 1.165) is 19.4 Å². The quantitative estimate of drug-likeness (QED) is 0.661. The van der Waals surface area contributed by atoms with Crippen molar-refractivity contribution >= 4 is 10.0 Å². The highest BCUT2D eigenvalue weighted by molar-refractivity contribution is 7.89. The van der Waals surface area contributed by atoms with Gasteiger partial charge in [0.1, 0.15) is 0 Å². The molecule has 1 rings (SSSR count). The van der Waals surface area contributed by atoms with E-state index >= 15 is 0 Å². The zero-order chi connectivity index (χ0) is 12.9. The van der Waals surface area contributed by atoms with Crippen LogP contribution in [0.3, 0.4) is 0 Å². The van der Waals surface area contributed by atoms with E-state index in [2.05, 4.69) is 11.9 Å². The monoisotopic (exact) mass is 263 g/mol. The van der Waals surface area contributed by atoms with Crippen LogP contribution in [0.4, 0.5) is 0 Å². The van der Waals surface area contributed by atoms with Crippen LogP contribution in [0.2, 0.25) is 0 Å². The predicted octanol–water partition coefficient (Wildman–Crippen LogP) is 0.0811. The van der Waals surface area contributed by atoms with Gasteiger partial charge in [-0.1, -0.05) is 0 Å². The number of hydrogen-bond donors (Lipinski definition) is 1. The molecule has 0 amide bonds. The van der Waals surface area contributed by atoms with Gasteiger partial charge in [0.05, 0.1) is 5.75 Å². The topological polar surface area (TPSA) is 66.6 Å². The average Bonchev–Trinajstić information content (AvgIpc) is 2.64. The van der Waals surface area contributed by atoms with Crippen molar-refractivity contribution in [1.82, 2.24) is 9.21 Å². The standard InChI is InChI=1S/C11H25N3O2S/c1-13-8-5-6-11(13)10-14(2)17(15,16)9-4-3-7-12/h11H,3-10,12H2,1-2H3. The minimum atomic E-state index is -3.09. The van der Waals surface area contributed by atoms with Crippen LogP contribution in [-0.2, 0) is 10.0 Å². The van der Waals surface area contributed by atoms with Gasteiger partial charge in [-0.3, -0.25) is 0 Å². The maximum atomic E-state index is 12.0. The summed E-state index contributed by atoms with van der Waals surface area (Å²) in [6.07, 6.45) is 3.70. The van der Waals surface area contributed by atoms with Crippen molar-refractivity contribution in [2.24, 2.45) is 5.73 Å². The third-order valence-electron chi connectivity index (χ3n) is 3.47. The largest absolute Gasteiger partial charge is 0.330 e. The van der Waals surface area contributed by atoms with Crippen LogP contribution in [-0.4, -0.2) is 63.1 Å². The Morgan fingerprint density at radius 2 is 2.12 bits per heavy atom. The van der Waals surface area contributed by atoms with Crippen molar-refractivity contribution in [3.05, 3.63) is 0 Å². The Hall–Kier alpha value is -0.170. The maximum Gasteiger partial charge on any atom is 0.213 e. The summed E-state index contributed by atoms with van der Waals surface area (Å²) in [7, 11) is 0.654. The molecule has 1 fully saturated rings. The third kappa shape index (κ3) is 4.54. The molecule has 1 aliphatic heterocycles. The Kier molecular flexibility index (Phi) is 5.85. The Bertz CT molecular complexity index is 319. The number of rotatable bonds is 7. The smallest absolute Gasteiger partial charge is 0.213 e. The van der Waals surface area contributed by atoms with Crippen LogP contribution < -0.4 is 5.73 Å². The molecule has 0 aliphatic carbocycles. The highest BCUT2D eigenvalue weighted by Crippen LogP contribution is 2.16. The molecule has 0 bridgehead atoms. The second-order valence-corrected chi connectivity index (χ2v) is 7.06. The van der Waals surface area contributed by atoms with Gasteiger partial charge in [-0.2, -0.15) is 0 Å². The van der Waals surface area contributed by atoms with Crippen molar-refractivity contribution in [1.29, 1.82) is 0 Å². The second kappa shape index (κ2) is 6.68. The summed E-state index contributed by atoms with van der Waals surface area (Å²) in [6, 6.07) is 0.379. The molecule has 6 heteroatoms. The molecular formula is C11H25N3O2S. The number of likely N-dealkylation sites (N-methyl/N-ethyl adjacent to an activating group) is 2. The van der Waals surface area contributed by atoms with Gasteiger partial charge in [0.15, 0.2) is 0 Å². The van der Waals surface area contributed by atoms with Crippen LogP contribution in [0.5, 0.6) is 0 Å². The first-order valence-electron chi connectivity index (χ1n) is 6.31. The first-order valence-corrected chi connectivity index (χ1v) is 7.92. The Morgan fingerprint density at radius 1 is 1.41 bits per heavy atom. The van der Waals surface area contributed by atoms with E-state index < -0.39 is 10.0 Å². The molecule has 0 spiro atoms. The fourth-order valence-electron chi connectivity index (χ4n) is 2.20. The Morgan fingerprint density at radius 3 is 2.65 bits per heavy atom. The van der Waals surface area contributed by atoms with Gasteiger partial charge in [0.2, 0.25) is 10.0 Å². The summed E-state index contributed by atoms with van der Waals surface area (Å²) in [5.41, 5.74) is 5.37. The molecule has 0 saturated carbocycles. The minimum absolute atomic E-state index is 0.219. The molecule has 1 unspecified atom stereocenters. The minimum Gasteiger partial charge on any atom is -0.330 e. The van der Waals surface area contributed by atoms with Gasteiger partial charge in [-0.05, 0) is 45.8 Å². The summed E-state index contributed by atoms with van der Waals surface area (Å²) in [5, 5.41) is 0. The van der Waals surface area contributed by atoms with Gasteiger partial charge < -0.3 is 10.6 Å². The van der Waals surface area contributed by atoms with E-state index in [0.29, 0.717) is 25.6 Å². The van der Waals surface area contributed by atoms with Crippen molar-refractivity contribution in [2.45, 2.75) is 31.7 Å². The third-order valence-corrected chi connectivity index (χ3v) is 5.37. The van der Waals surface area contributed by atoms with Crippen LogP contribution >= 0.6 is 0 Å². The molecule has 1 heterocycles. The molecule has 1 aliphatic rings. The van der Waals surface area contributed by atoms with Crippen molar-refractivity contribution in [3.8, 4) is 0 Å². The normalized spacial score (nSPS) is 22.5. The summed E-state index contributed by atoms with van der Waals surface area (Å²) in [5.74, 6) is 0.219. The molecule has 1 saturated heterocycles. The first-order chi connectivity index (χ1) is 7.97. The molecule has 17 heavy (non-hydrogen) atoms. The zero-order valence-electron chi connectivity index (χ0n) is 10.9. The van der Waals surface area contributed by atoms with E-state index in [9.17, 15) is 8.42 Å². The van der Waals surface area contributed by atoms with Crippen LogP contribution in [0.1, 0.15) is 25.7 Å². The Balaban J connectivity index is 2.42. The number of unbranched alkanes of at least 4 members (excludes halogenated alkanes) is 1. The zero-order valence-corrected chi connectivity index (χ0v) is 11.7. The molecule has 102 valence electrons. The van der Waals surface area contributed by atoms with E-state index in [1.165, 1.54) is 10.7 Å². The van der Waals surface area contributed by atoms with Crippen molar-refractivity contribution in [2.75, 3.05) is 39.5 Å². The van der Waals surface area contributed by atoms with E-state index in [1.54, 1.807) is 7.05 Å². The van der Waals surface area contributed by atoms with Crippen LogP contribution in [0.15, 0.2) is 0 Å². The fourth-order valence-corrected chi connectivity index (χ4v) is 3.48. The Labute approximate surface area is 105 Å². The summed E-state index contributed by atoms with van der Waals surface area (Å²) < 4.78 is 25.4. The highest BCUT2D eigenvalue weighted by Gasteiger charge is 2.26. The number of likely N-dealkylation sites (tertiary alicyclic amines) is 1. The molecule has 0 aromatic heterocycles. The summed E-state index contributed by atoms with van der Waals surface area (Å²) in [4.78, 5) is 2.24. The number of nitrogens with zero attached hydrogens (tertiary/aromatic N) is 2. The molecule has 5 nitrogen and oxygen atoms in total. The fraction of sp³-hybridized carbons (Fsp3) is 1.00. The summed E-state index contributed by atoms with van der Waals surface area (Å²) >= 11 is 0. The van der Waals surface area contributed by atoms with E-state index in [1.807, 2.05) is 0 Å². The number of hydrogen-bond acceptors (Lipinski definition) is 4. The van der Waals surface area contributed by atoms with Gasteiger partial charge in [-0.15, -0.1) is 0 Å². The predicted molar refractivity (Wildman–Crippen MR) is 70.4 cm³/mol. The molecule has 2 N–H and O–H groups in total. The molecule has 0 radical (unpaired) electrons. The lowest BCUT2D eigenvalue weighted by molar-refractivity contribution is 0.271. The second-order valence-electron chi connectivity index (χ2n) is 4.87.